The summed E-state index contributed by atoms with van der Waals surface area (Å²) in [4.78, 5) is 11.8. The Bertz CT molecular complexity index is 582. The van der Waals surface area contributed by atoms with Crippen LogP contribution in [-0.4, -0.2) is 12.5 Å². The van der Waals surface area contributed by atoms with Crippen LogP contribution < -0.4 is 15.8 Å². The first-order valence-corrected chi connectivity index (χ1v) is 7.75. The number of hydrogen-bond acceptors (Lipinski definition) is 3. The number of nitrogen functional groups attached to an aromatic ring is 1. The predicted molar refractivity (Wildman–Crippen MR) is 93.4 cm³/mol. The Labute approximate surface area is 137 Å². The summed E-state index contributed by atoms with van der Waals surface area (Å²) in [6.45, 7) is 0.524. The van der Waals surface area contributed by atoms with Crippen molar-refractivity contribution < 1.29 is 9.53 Å². The van der Waals surface area contributed by atoms with Crippen LogP contribution in [0.25, 0.3) is 0 Å². The van der Waals surface area contributed by atoms with E-state index in [9.17, 15) is 4.79 Å². The predicted octanol–water partition coefficient (Wildman–Crippen LogP) is 3.67. The van der Waals surface area contributed by atoms with Crippen molar-refractivity contribution in [1.82, 2.24) is 0 Å². The quantitative estimate of drug-likeness (QED) is 0.445. The minimum atomic E-state index is -0.0222. The zero-order valence-electron chi connectivity index (χ0n) is 11.5. The smallest absolute Gasteiger partial charge is 0.224 e. The molecule has 2 aromatic rings. The van der Waals surface area contributed by atoms with Gasteiger partial charge in [0.2, 0.25) is 5.91 Å². The summed E-state index contributed by atoms with van der Waals surface area (Å²) in [6, 6.07) is 14.9. The Morgan fingerprint density at radius 3 is 2.43 bits per heavy atom. The molecule has 0 radical (unpaired) electrons. The Morgan fingerprint density at radius 1 is 1.10 bits per heavy atom. The van der Waals surface area contributed by atoms with Crippen molar-refractivity contribution in [2.24, 2.45) is 0 Å². The molecule has 0 aliphatic heterocycles. The second kappa shape index (κ2) is 7.87. The summed E-state index contributed by atoms with van der Waals surface area (Å²) in [6.07, 6.45) is 1.10. The van der Waals surface area contributed by atoms with Crippen LogP contribution in [-0.2, 0) is 4.79 Å². The van der Waals surface area contributed by atoms with Gasteiger partial charge in [0.15, 0.2) is 0 Å². The molecule has 2 rings (SSSR count). The number of anilines is 2. The van der Waals surface area contributed by atoms with Crippen molar-refractivity contribution in [3.05, 3.63) is 52.1 Å². The minimum Gasteiger partial charge on any atom is -0.494 e. The molecule has 21 heavy (non-hydrogen) atoms. The Kier molecular flexibility index (Phi) is 5.86. The molecule has 0 saturated carbocycles. The van der Waals surface area contributed by atoms with E-state index in [1.807, 2.05) is 24.3 Å². The van der Waals surface area contributed by atoms with Crippen molar-refractivity contribution in [3.8, 4) is 5.75 Å². The number of nitrogens with two attached hydrogens (primary N) is 1. The lowest BCUT2D eigenvalue weighted by atomic mass is 10.2. The van der Waals surface area contributed by atoms with Gasteiger partial charge in [0.25, 0.3) is 0 Å². The zero-order chi connectivity index (χ0) is 15.1. The molecule has 110 valence electrons. The fourth-order valence-corrected chi connectivity index (χ4v) is 2.10. The van der Waals surface area contributed by atoms with Crippen LogP contribution >= 0.6 is 22.6 Å². The number of nitrogens with one attached hydrogen (secondary N) is 1. The van der Waals surface area contributed by atoms with Crippen LogP contribution in [0, 0.1) is 3.57 Å². The SMILES string of the molecule is Nc1ccc(NC(=O)CCCOc2ccc(I)cc2)cc1. The summed E-state index contributed by atoms with van der Waals surface area (Å²) in [5.41, 5.74) is 7.03. The van der Waals surface area contributed by atoms with Crippen LogP contribution in [0.3, 0.4) is 0 Å². The highest BCUT2D eigenvalue weighted by Gasteiger charge is 2.02. The van der Waals surface area contributed by atoms with Crippen molar-refractivity contribution in [1.29, 1.82) is 0 Å². The van der Waals surface area contributed by atoms with Gasteiger partial charge in [-0.3, -0.25) is 4.79 Å². The summed E-state index contributed by atoms with van der Waals surface area (Å²) in [5, 5.41) is 2.82. The number of amides is 1. The third-order valence-corrected chi connectivity index (χ3v) is 3.54. The van der Waals surface area contributed by atoms with Gasteiger partial charge in [-0.1, -0.05) is 0 Å². The van der Waals surface area contributed by atoms with E-state index in [1.54, 1.807) is 24.3 Å². The lowest BCUT2D eigenvalue weighted by molar-refractivity contribution is -0.116. The number of carbonyl (C=O) groups is 1. The molecule has 0 fully saturated rings. The van der Waals surface area contributed by atoms with Gasteiger partial charge in [0.1, 0.15) is 5.75 Å². The number of rotatable bonds is 6. The normalized spacial score (nSPS) is 10.1. The van der Waals surface area contributed by atoms with Crippen LogP contribution in [0.15, 0.2) is 48.5 Å². The van der Waals surface area contributed by atoms with E-state index >= 15 is 0 Å². The molecule has 0 aliphatic carbocycles. The van der Waals surface area contributed by atoms with Gasteiger partial charge in [-0.15, -0.1) is 0 Å². The molecule has 0 spiro atoms. The van der Waals surface area contributed by atoms with E-state index in [1.165, 1.54) is 3.57 Å². The van der Waals surface area contributed by atoms with Gasteiger partial charge in [0, 0.05) is 21.4 Å². The van der Waals surface area contributed by atoms with Gasteiger partial charge in [0.05, 0.1) is 6.61 Å². The number of ether oxygens (including phenoxy) is 1. The largest absolute Gasteiger partial charge is 0.494 e. The number of hydrogen-bond donors (Lipinski definition) is 2. The maximum atomic E-state index is 11.8. The summed E-state index contributed by atoms with van der Waals surface area (Å²) >= 11 is 2.25. The highest BCUT2D eigenvalue weighted by Crippen LogP contribution is 2.14. The lowest BCUT2D eigenvalue weighted by Crippen LogP contribution is -2.12. The van der Waals surface area contributed by atoms with Crippen molar-refractivity contribution >= 4 is 39.9 Å². The molecule has 0 aliphatic rings. The van der Waals surface area contributed by atoms with E-state index in [4.69, 9.17) is 10.5 Å². The molecule has 0 atom stereocenters. The summed E-state index contributed by atoms with van der Waals surface area (Å²) in [7, 11) is 0. The van der Waals surface area contributed by atoms with E-state index in [-0.39, 0.29) is 5.91 Å². The number of benzene rings is 2. The zero-order valence-corrected chi connectivity index (χ0v) is 13.7. The van der Waals surface area contributed by atoms with Crippen LogP contribution in [0.5, 0.6) is 5.75 Å². The molecular formula is C16H17IN2O2. The van der Waals surface area contributed by atoms with E-state index in [0.29, 0.717) is 25.1 Å². The van der Waals surface area contributed by atoms with Crippen molar-refractivity contribution in [3.63, 3.8) is 0 Å². The number of halogens is 1. The number of carbonyl (C=O) groups excluding carboxylic acids is 1. The van der Waals surface area contributed by atoms with Gasteiger partial charge >= 0.3 is 0 Å². The monoisotopic (exact) mass is 396 g/mol. The third kappa shape index (κ3) is 5.63. The summed E-state index contributed by atoms with van der Waals surface area (Å²) in [5.74, 6) is 0.806. The third-order valence-electron chi connectivity index (χ3n) is 2.82. The first-order chi connectivity index (χ1) is 10.1. The summed E-state index contributed by atoms with van der Waals surface area (Å²) < 4.78 is 6.75. The molecule has 0 bridgehead atoms. The topological polar surface area (TPSA) is 64.3 Å². The molecule has 5 heteroatoms. The van der Waals surface area contributed by atoms with Gasteiger partial charge in [-0.2, -0.15) is 0 Å². The molecular weight excluding hydrogens is 379 g/mol. The van der Waals surface area contributed by atoms with E-state index < -0.39 is 0 Å². The molecule has 0 heterocycles. The van der Waals surface area contributed by atoms with Crippen LogP contribution in [0.4, 0.5) is 11.4 Å². The average molecular weight is 396 g/mol. The fourth-order valence-electron chi connectivity index (χ4n) is 1.74. The maximum Gasteiger partial charge on any atom is 0.224 e. The molecule has 4 nitrogen and oxygen atoms in total. The first kappa shape index (κ1) is 15.6. The second-order valence-electron chi connectivity index (χ2n) is 4.58. The van der Waals surface area contributed by atoms with E-state index in [0.717, 1.165) is 11.4 Å². The molecule has 2 aromatic carbocycles. The molecule has 0 saturated heterocycles. The van der Waals surface area contributed by atoms with Crippen molar-refractivity contribution in [2.45, 2.75) is 12.8 Å². The molecule has 3 N–H and O–H groups in total. The van der Waals surface area contributed by atoms with Gasteiger partial charge in [-0.05, 0) is 77.5 Å². The molecule has 0 unspecified atom stereocenters. The van der Waals surface area contributed by atoms with Crippen molar-refractivity contribution in [2.75, 3.05) is 17.7 Å². The fraction of sp³-hybridized carbons (Fsp3) is 0.188. The Morgan fingerprint density at radius 2 is 1.76 bits per heavy atom. The standard InChI is InChI=1S/C16H17IN2O2/c17-12-3-9-15(10-4-12)21-11-1-2-16(20)19-14-7-5-13(18)6-8-14/h3-10H,1-2,11,18H2,(H,19,20). The molecule has 1 amide bonds. The highest BCUT2D eigenvalue weighted by atomic mass is 127. The Balaban J connectivity index is 1.67. The Hall–Kier alpha value is -1.76. The van der Waals surface area contributed by atoms with Gasteiger partial charge in [-0.25, -0.2) is 0 Å². The van der Waals surface area contributed by atoms with Crippen LogP contribution in [0.2, 0.25) is 0 Å². The minimum absolute atomic E-state index is 0.0222. The second-order valence-corrected chi connectivity index (χ2v) is 5.82. The van der Waals surface area contributed by atoms with Crippen LogP contribution in [0.1, 0.15) is 12.8 Å². The first-order valence-electron chi connectivity index (χ1n) is 6.67. The molecule has 0 aromatic heterocycles. The average Bonchev–Trinajstić information content (AvgIpc) is 2.48. The van der Waals surface area contributed by atoms with Gasteiger partial charge < -0.3 is 15.8 Å². The lowest BCUT2D eigenvalue weighted by Gasteiger charge is -2.07. The highest BCUT2D eigenvalue weighted by molar-refractivity contribution is 14.1. The maximum absolute atomic E-state index is 11.8. The van der Waals surface area contributed by atoms with E-state index in [2.05, 4.69) is 27.9 Å².